The SMILES string of the molecule is CCNCC1CCC(C)CC1Cc1ccccc1F. The summed E-state index contributed by atoms with van der Waals surface area (Å²) < 4.78 is 13.8. The molecule has 2 heteroatoms. The van der Waals surface area contributed by atoms with Gasteiger partial charge in [0, 0.05) is 0 Å². The molecule has 1 N–H and O–H groups in total. The quantitative estimate of drug-likeness (QED) is 0.845. The minimum absolute atomic E-state index is 0.0390. The van der Waals surface area contributed by atoms with Crippen LogP contribution in [0.3, 0.4) is 0 Å². The van der Waals surface area contributed by atoms with Gasteiger partial charge in [0.1, 0.15) is 5.82 Å². The van der Waals surface area contributed by atoms with Crippen LogP contribution >= 0.6 is 0 Å². The van der Waals surface area contributed by atoms with Gasteiger partial charge in [0.25, 0.3) is 0 Å². The standard InChI is InChI=1S/C17H26FN/c1-3-19-12-15-9-8-13(2)10-16(15)11-14-6-4-5-7-17(14)18/h4-7,13,15-16,19H,3,8-12H2,1-2H3. The van der Waals surface area contributed by atoms with Crippen LogP contribution in [-0.2, 0) is 6.42 Å². The van der Waals surface area contributed by atoms with Gasteiger partial charge < -0.3 is 5.32 Å². The van der Waals surface area contributed by atoms with Crippen molar-refractivity contribution in [2.45, 2.75) is 39.5 Å². The first-order valence-electron chi connectivity index (χ1n) is 7.64. The van der Waals surface area contributed by atoms with Gasteiger partial charge in [0.05, 0.1) is 0 Å². The molecule has 3 unspecified atom stereocenters. The van der Waals surface area contributed by atoms with Crippen LogP contribution in [0.1, 0.15) is 38.7 Å². The second-order valence-corrected chi connectivity index (χ2v) is 6.04. The number of rotatable bonds is 5. The van der Waals surface area contributed by atoms with Crippen LogP contribution in [0.15, 0.2) is 24.3 Å². The Labute approximate surface area is 116 Å². The van der Waals surface area contributed by atoms with E-state index in [2.05, 4.69) is 19.2 Å². The molecule has 0 heterocycles. The van der Waals surface area contributed by atoms with E-state index >= 15 is 0 Å². The minimum atomic E-state index is -0.0390. The second-order valence-electron chi connectivity index (χ2n) is 6.04. The lowest BCUT2D eigenvalue weighted by Crippen LogP contribution is -2.33. The normalized spacial score (nSPS) is 27.4. The Kier molecular flexibility index (Phi) is 5.38. The molecule has 2 rings (SSSR count). The van der Waals surface area contributed by atoms with Crippen LogP contribution in [0.5, 0.6) is 0 Å². The molecule has 0 spiro atoms. The van der Waals surface area contributed by atoms with Crippen molar-refractivity contribution in [3.8, 4) is 0 Å². The molecular weight excluding hydrogens is 237 g/mol. The fourth-order valence-corrected chi connectivity index (χ4v) is 3.36. The van der Waals surface area contributed by atoms with E-state index in [1.165, 1.54) is 19.3 Å². The van der Waals surface area contributed by atoms with E-state index in [1.54, 1.807) is 12.1 Å². The van der Waals surface area contributed by atoms with Crippen LogP contribution in [0, 0.1) is 23.6 Å². The van der Waals surface area contributed by atoms with E-state index in [9.17, 15) is 4.39 Å². The largest absolute Gasteiger partial charge is 0.317 e. The topological polar surface area (TPSA) is 12.0 Å². The van der Waals surface area contributed by atoms with Crippen molar-refractivity contribution in [2.24, 2.45) is 17.8 Å². The summed E-state index contributed by atoms with van der Waals surface area (Å²) in [5.74, 6) is 2.08. The summed E-state index contributed by atoms with van der Waals surface area (Å²) in [7, 11) is 0. The molecule has 1 aliphatic rings. The van der Waals surface area contributed by atoms with Gasteiger partial charge in [-0.15, -0.1) is 0 Å². The highest BCUT2D eigenvalue weighted by Crippen LogP contribution is 2.35. The van der Waals surface area contributed by atoms with Gasteiger partial charge in [-0.05, 0) is 61.7 Å². The highest BCUT2D eigenvalue weighted by atomic mass is 19.1. The Morgan fingerprint density at radius 3 is 2.74 bits per heavy atom. The molecule has 1 fully saturated rings. The van der Waals surface area contributed by atoms with Gasteiger partial charge in [-0.2, -0.15) is 0 Å². The lowest BCUT2D eigenvalue weighted by Gasteiger charge is -2.35. The van der Waals surface area contributed by atoms with E-state index in [0.29, 0.717) is 11.8 Å². The predicted molar refractivity (Wildman–Crippen MR) is 78.6 cm³/mol. The van der Waals surface area contributed by atoms with E-state index in [0.717, 1.165) is 31.0 Å². The fourth-order valence-electron chi connectivity index (χ4n) is 3.36. The number of halogens is 1. The first-order chi connectivity index (χ1) is 9.20. The van der Waals surface area contributed by atoms with Crippen LogP contribution in [-0.4, -0.2) is 13.1 Å². The third kappa shape index (κ3) is 4.04. The number of hydrogen-bond acceptors (Lipinski definition) is 1. The Hall–Kier alpha value is -0.890. The second kappa shape index (κ2) is 7.04. The van der Waals surface area contributed by atoms with Crippen LogP contribution in [0.4, 0.5) is 4.39 Å². The van der Waals surface area contributed by atoms with Gasteiger partial charge in [0.15, 0.2) is 0 Å². The lowest BCUT2D eigenvalue weighted by molar-refractivity contribution is 0.183. The third-order valence-electron chi connectivity index (χ3n) is 4.50. The molecular formula is C17H26FN. The van der Waals surface area contributed by atoms with Crippen molar-refractivity contribution in [1.82, 2.24) is 5.32 Å². The molecule has 1 saturated carbocycles. The lowest BCUT2D eigenvalue weighted by atomic mass is 9.72. The van der Waals surface area contributed by atoms with Crippen LogP contribution in [0.25, 0.3) is 0 Å². The van der Waals surface area contributed by atoms with Crippen molar-refractivity contribution < 1.29 is 4.39 Å². The minimum Gasteiger partial charge on any atom is -0.317 e. The maximum atomic E-state index is 13.8. The van der Waals surface area contributed by atoms with Gasteiger partial charge in [0.2, 0.25) is 0 Å². The molecule has 1 nitrogen and oxygen atoms in total. The highest BCUT2D eigenvalue weighted by Gasteiger charge is 2.28. The zero-order valence-corrected chi connectivity index (χ0v) is 12.2. The summed E-state index contributed by atoms with van der Waals surface area (Å²) in [5.41, 5.74) is 0.892. The summed E-state index contributed by atoms with van der Waals surface area (Å²) >= 11 is 0. The fraction of sp³-hybridized carbons (Fsp3) is 0.647. The molecule has 0 aromatic heterocycles. The van der Waals surface area contributed by atoms with E-state index in [1.807, 2.05) is 12.1 Å². The Morgan fingerprint density at radius 1 is 1.21 bits per heavy atom. The Balaban J connectivity index is 2.03. The molecule has 0 bridgehead atoms. The van der Waals surface area contributed by atoms with Crippen LogP contribution < -0.4 is 5.32 Å². The molecule has 19 heavy (non-hydrogen) atoms. The van der Waals surface area contributed by atoms with E-state index in [-0.39, 0.29) is 5.82 Å². The van der Waals surface area contributed by atoms with E-state index < -0.39 is 0 Å². The maximum Gasteiger partial charge on any atom is 0.126 e. The number of hydrogen-bond donors (Lipinski definition) is 1. The first kappa shape index (κ1) is 14.5. The molecule has 1 aliphatic carbocycles. The average Bonchev–Trinajstić information content (AvgIpc) is 2.40. The molecule has 1 aromatic carbocycles. The molecule has 1 aromatic rings. The number of nitrogens with one attached hydrogen (secondary N) is 1. The van der Waals surface area contributed by atoms with Crippen molar-refractivity contribution in [2.75, 3.05) is 13.1 Å². The summed E-state index contributed by atoms with van der Waals surface area (Å²) in [4.78, 5) is 0. The van der Waals surface area contributed by atoms with Crippen molar-refractivity contribution in [3.05, 3.63) is 35.6 Å². The Bertz CT molecular complexity index is 389. The smallest absolute Gasteiger partial charge is 0.126 e. The van der Waals surface area contributed by atoms with Crippen molar-refractivity contribution >= 4 is 0 Å². The third-order valence-corrected chi connectivity index (χ3v) is 4.50. The van der Waals surface area contributed by atoms with E-state index in [4.69, 9.17) is 0 Å². The molecule has 0 saturated heterocycles. The molecule has 0 radical (unpaired) electrons. The molecule has 0 amide bonds. The zero-order chi connectivity index (χ0) is 13.7. The van der Waals surface area contributed by atoms with Gasteiger partial charge in [-0.25, -0.2) is 4.39 Å². The number of benzene rings is 1. The maximum absolute atomic E-state index is 13.8. The summed E-state index contributed by atoms with van der Waals surface area (Å²) in [5, 5.41) is 3.47. The first-order valence-corrected chi connectivity index (χ1v) is 7.64. The summed E-state index contributed by atoms with van der Waals surface area (Å²) in [6.45, 7) is 6.59. The summed E-state index contributed by atoms with van der Waals surface area (Å²) in [6.07, 6.45) is 4.74. The van der Waals surface area contributed by atoms with Gasteiger partial charge >= 0.3 is 0 Å². The molecule has 3 atom stereocenters. The van der Waals surface area contributed by atoms with Crippen molar-refractivity contribution in [3.63, 3.8) is 0 Å². The van der Waals surface area contributed by atoms with Gasteiger partial charge in [-0.1, -0.05) is 38.5 Å². The average molecular weight is 263 g/mol. The summed E-state index contributed by atoms with van der Waals surface area (Å²) in [6, 6.07) is 7.25. The Morgan fingerprint density at radius 2 is 2.00 bits per heavy atom. The van der Waals surface area contributed by atoms with Crippen LogP contribution in [0.2, 0.25) is 0 Å². The predicted octanol–water partition coefficient (Wildman–Crippen LogP) is 4.03. The van der Waals surface area contributed by atoms with Gasteiger partial charge in [-0.3, -0.25) is 0 Å². The highest BCUT2D eigenvalue weighted by molar-refractivity contribution is 5.18. The molecule has 106 valence electrons. The van der Waals surface area contributed by atoms with Crippen molar-refractivity contribution in [1.29, 1.82) is 0 Å². The zero-order valence-electron chi connectivity index (χ0n) is 12.2. The monoisotopic (exact) mass is 263 g/mol. The molecule has 0 aliphatic heterocycles.